The van der Waals surface area contributed by atoms with Crippen molar-refractivity contribution in [2.45, 2.75) is 11.3 Å². The van der Waals surface area contributed by atoms with E-state index < -0.39 is 25.8 Å². The third kappa shape index (κ3) is 2.87. The van der Waals surface area contributed by atoms with Gasteiger partial charge >= 0.3 is 0 Å². The lowest BCUT2D eigenvalue weighted by Crippen LogP contribution is -2.25. The number of rotatable bonds is 4. The van der Waals surface area contributed by atoms with Crippen LogP contribution in [0.4, 0.5) is 0 Å². The Morgan fingerprint density at radius 1 is 1.33 bits per heavy atom. The average Bonchev–Trinajstić information content (AvgIpc) is 2.95. The molecule has 10 heteroatoms. The summed E-state index contributed by atoms with van der Waals surface area (Å²) in [6.45, 7) is -0.0453. The number of fused-ring (bicyclic) bond motifs is 1. The quantitative estimate of drug-likeness (QED) is 0.740. The first-order valence-electron chi connectivity index (χ1n) is 6.96. The summed E-state index contributed by atoms with van der Waals surface area (Å²) in [5, 5.41) is 9.86. The molecular weight excluding hydrogens is 356 g/mol. The van der Waals surface area contributed by atoms with E-state index in [1.807, 2.05) is 0 Å². The number of amides is 1. The number of carbonyl (C=O) groups excluding carboxylic acids is 1. The highest BCUT2D eigenvalue weighted by Crippen LogP contribution is 2.33. The number of sulfonamides is 1. The molecular formula is C14H14N2O6S2. The topological polar surface area (TPSA) is 121 Å². The summed E-state index contributed by atoms with van der Waals surface area (Å²) >= 11 is 0. The molecule has 1 amide bonds. The summed E-state index contributed by atoms with van der Waals surface area (Å²) < 4.78 is 51.2. The number of hydrogen-bond acceptors (Lipinski definition) is 6. The molecule has 0 spiro atoms. The normalized spacial score (nSPS) is 19.2. The molecule has 8 nitrogen and oxygen atoms in total. The first-order valence-corrected chi connectivity index (χ1v) is 10.5. The lowest BCUT2D eigenvalue weighted by molar-refractivity contribution is -0.154. The Bertz CT molecular complexity index is 1010. The van der Waals surface area contributed by atoms with Gasteiger partial charge in [-0.25, -0.2) is 13.5 Å². The van der Waals surface area contributed by atoms with Crippen LogP contribution < -0.4 is 0 Å². The molecule has 0 saturated heterocycles. The molecule has 1 N–H and O–H groups in total. The molecule has 0 aliphatic carbocycles. The van der Waals surface area contributed by atoms with Gasteiger partial charge in [-0.1, -0.05) is 18.2 Å². The van der Waals surface area contributed by atoms with E-state index in [1.165, 1.54) is 18.2 Å². The van der Waals surface area contributed by atoms with Crippen LogP contribution in [0.1, 0.15) is 11.1 Å². The molecule has 2 aliphatic heterocycles. The molecule has 2 aliphatic rings. The van der Waals surface area contributed by atoms with Gasteiger partial charge in [-0.3, -0.25) is 10.0 Å². The lowest BCUT2D eigenvalue weighted by atomic mass is 10.00. The summed E-state index contributed by atoms with van der Waals surface area (Å²) in [5.41, 5.74) is 0.576. The largest absolute Gasteiger partial charge is 0.285 e. The zero-order valence-electron chi connectivity index (χ0n) is 12.6. The molecule has 0 unspecified atom stereocenters. The number of sulfone groups is 1. The van der Waals surface area contributed by atoms with Gasteiger partial charge in [-0.15, -0.1) is 0 Å². The Morgan fingerprint density at radius 2 is 2.04 bits per heavy atom. The smallest absolute Gasteiger partial charge is 0.283 e. The molecule has 0 aromatic heterocycles. The van der Waals surface area contributed by atoms with Crippen molar-refractivity contribution in [2.75, 3.05) is 18.6 Å². The fourth-order valence-electron chi connectivity index (χ4n) is 2.66. The Kier molecular flexibility index (Phi) is 3.85. The van der Waals surface area contributed by atoms with Crippen LogP contribution in [0.15, 0.2) is 39.1 Å². The Morgan fingerprint density at radius 3 is 2.62 bits per heavy atom. The zero-order chi connectivity index (χ0) is 17.7. The zero-order valence-corrected chi connectivity index (χ0v) is 14.3. The molecule has 1 aromatic carbocycles. The van der Waals surface area contributed by atoms with Crippen LogP contribution in [-0.2, 0) is 31.1 Å². The van der Waals surface area contributed by atoms with Gasteiger partial charge in [0, 0.05) is 11.8 Å². The number of benzene rings is 1. The third-order valence-electron chi connectivity index (χ3n) is 3.75. The standard InChI is InChI=1S/C14H14N2O6S2/c1-23(19,20)8-6-9-3-2-4-10-12(15-24(21,22)13(9)10)11-5-7-16(18)14(11)17/h2-5,18H,6-8H2,1H3. The van der Waals surface area contributed by atoms with E-state index in [1.54, 1.807) is 6.07 Å². The van der Waals surface area contributed by atoms with E-state index in [4.69, 9.17) is 0 Å². The van der Waals surface area contributed by atoms with Crippen molar-refractivity contribution in [1.82, 2.24) is 5.06 Å². The van der Waals surface area contributed by atoms with Gasteiger partial charge in [0.25, 0.3) is 15.9 Å². The molecule has 0 fully saturated rings. The highest BCUT2D eigenvalue weighted by atomic mass is 32.2. The van der Waals surface area contributed by atoms with Crippen molar-refractivity contribution in [3.05, 3.63) is 41.0 Å². The van der Waals surface area contributed by atoms with Gasteiger partial charge in [0.15, 0.2) is 0 Å². The molecule has 3 rings (SSSR count). The van der Waals surface area contributed by atoms with Crippen LogP contribution >= 0.6 is 0 Å². The minimum Gasteiger partial charge on any atom is -0.285 e. The number of nitrogens with zero attached hydrogens (tertiary/aromatic N) is 2. The fourth-order valence-corrected chi connectivity index (χ4v) is 4.73. The van der Waals surface area contributed by atoms with Crippen molar-refractivity contribution in [3.63, 3.8) is 0 Å². The molecule has 0 atom stereocenters. The molecule has 24 heavy (non-hydrogen) atoms. The second kappa shape index (κ2) is 5.50. The van der Waals surface area contributed by atoms with Crippen LogP contribution in [0.2, 0.25) is 0 Å². The predicted octanol–water partition coefficient (Wildman–Crippen LogP) is -0.0771. The highest BCUT2D eigenvalue weighted by Gasteiger charge is 2.37. The number of carbonyl (C=O) groups is 1. The van der Waals surface area contributed by atoms with E-state index >= 15 is 0 Å². The number of hydrogen-bond donors (Lipinski definition) is 1. The van der Waals surface area contributed by atoms with Gasteiger partial charge < -0.3 is 0 Å². The SMILES string of the molecule is CS(=O)(=O)CCc1cccc2c1S(=O)(=O)N=C2C1=CCN(O)C1=O. The van der Waals surface area contributed by atoms with Crippen molar-refractivity contribution in [3.8, 4) is 0 Å². The van der Waals surface area contributed by atoms with Crippen molar-refractivity contribution in [2.24, 2.45) is 4.40 Å². The second-order valence-electron chi connectivity index (χ2n) is 5.59. The summed E-state index contributed by atoms with van der Waals surface area (Å²) in [7, 11) is -7.29. The van der Waals surface area contributed by atoms with Gasteiger partial charge in [-0.05, 0) is 18.1 Å². The highest BCUT2D eigenvalue weighted by molar-refractivity contribution is 7.91. The molecule has 0 radical (unpaired) electrons. The first kappa shape index (κ1) is 16.8. The maximum atomic E-state index is 12.4. The molecule has 0 saturated carbocycles. The van der Waals surface area contributed by atoms with E-state index in [-0.39, 0.29) is 40.5 Å². The lowest BCUT2D eigenvalue weighted by Gasteiger charge is -2.08. The van der Waals surface area contributed by atoms with E-state index in [2.05, 4.69) is 4.40 Å². The predicted molar refractivity (Wildman–Crippen MR) is 85.2 cm³/mol. The van der Waals surface area contributed by atoms with Crippen molar-refractivity contribution in [1.29, 1.82) is 0 Å². The Labute approximate surface area is 139 Å². The van der Waals surface area contributed by atoms with Gasteiger partial charge in [-0.2, -0.15) is 12.8 Å². The minimum absolute atomic E-state index is 0.0140. The van der Waals surface area contributed by atoms with Crippen LogP contribution in [0.25, 0.3) is 0 Å². The average molecular weight is 370 g/mol. The second-order valence-corrected chi connectivity index (χ2v) is 9.39. The third-order valence-corrected chi connectivity index (χ3v) is 6.12. The summed E-state index contributed by atoms with van der Waals surface area (Å²) in [4.78, 5) is 11.8. The van der Waals surface area contributed by atoms with Crippen LogP contribution in [0.5, 0.6) is 0 Å². The maximum absolute atomic E-state index is 12.4. The number of hydroxylamine groups is 2. The Hall–Kier alpha value is -2.04. The van der Waals surface area contributed by atoms with Crippen molar-refractivity contribution >= 4 is 31.5 Å². The van der Waals surface area contributed by atoms with Gasteiger partial charge in [0.1, 0.15) is 14.7 Å². The van der Waals surface area contributed by atoms with Crippen molar-refractivity contribution < 1.29 is 26.8 Å². The van der Waals surface area contributed by atoms with E-state index in [0.717, 1.165) is 6.26 Å². The fraction of sp³-hybridized carbons (Fsp3) is 0.286. The first-order chi connectivity index (χ1) is 11.1. The minimum atomic E-state index is -4.03. The summed E-state index contributed by atoms with van der Waals surface area (Å²) in [6, 6.07) is 4.63. The van der Waals surface area contributed by atoms with Crippen LogP contribution in [0, 0.1) is 0 Å². The molecule has 0 bridgehead atoms. The van der Waals surface area contributed by atoms with E-state index in [9.17, 15) is 26.8 Å². The van der Waals surface area contributed by atoms with Crippen LogP contribution in [-0.4, -0.2) is 57.3 Å². The maximum Gasteiger partial charge on any atom is 0.283 e. The molecule has 128 valence electrons. The van der Waals surface area contributed by atoms with E-state index in [0.29, 0.717) is 10.6 Å². The van der Waals surface area contributed by atoms with Gasteiger partial charge in [0.05, 0.1) is 23.6 Å². The summed E-state index contributed by atoms with van der Waals surface area (Å²) in [6.07, 6.45) is 2.50. The molecule has 2 heterocycles. The van der Waals surface area contributed by atoms with Crippen LogP contribution in [0.3, 0.4) is 0 Å². The summed E-state index contributed by atoms with van der Waals surface area (Å²) in [5.74, 6) is -0.918. The molecule has 1 aromatic rings. The monoisotopic (exact) mass is 370 g/mol. The number of aryl methyl sites for hydroxylation is 1. The Balaban J connectivity index is 2.08. The van der Waals surface area contributed by atoms with Gasteiger partial charge in [0.2, 0.25) is 0 Å².